The van der Waals surface area contributed by atoms with Crippen LogP contribution >= 0.6 is 23.2 Å². The quantitative estimate of drug-likeness (QED) is 0.786. The first-order chi connectivity index (χ1) is 9.37. The second-order valence-electron chi connectivity index (χ2n) is 4.97. The fourth-order valence-corrected chi connectivity index (χ4v) is 4.65. The molecule has 0 spiro atoms. The summed E-state index contributed by atoms with van der Waals surface area (Å²) in [6.07, 6.45) is 2.65. The maximum absolute atomic E-state index is 13.7. The molecule has 1 unspecified atom stereocenters. The molecule has 1 fully saturated rings. The van der Waals surface area contributed by atoms with Crippen molar-refractivity contribution < 1.29 is 12.8 Å². The summed E-state index contributed by atoms with van der Waals surface area (Å²) in [5.41, 5.74) is 0.288. The Bertz CT molecular complexity index is 607. The van der Waals surface area contributed by atoms with E-state index in [4.69, 9.17) is 23.2 Å². The Morgan fingerprint density at radius 3 is 2.70 bits per heavy atom. The van der Waals surface area contributed by atoms with Crippen molar-refractivity contribution in [3.8, 4) is 0 Å². The van der Waals surface area contributed by atoms with E-state index in [1.807, 2.05) is 6.92 Å². The van der Waals surface area contributed by atoms with Gasteiger partial charge < -0.3 is 0 Å². The number of hydrogen-bond acceptors (Lipinski definition) is 2. The van der Waals surface area contributed by atoms with E-state index in [-0.39, 0.29) is 27.4 Å². The molecule has 112 valence electrons. The Morgan fingerprint density at radius 2 is 2.10 bits per heavy atom. The molecule has 1 atom stereocenters. The summed E-state index contributed by atoms with van der Waals surface area (Å²) in [7, 11) is -3.71. The van der Waals surface area contributed by atoms with E-state index in [0.29, 0.717) is 6.54 Å². The average molecular weight is 340 g/mol. The molecular weight excluding hydrogens is 324 g/mol. The predicted molar refractivity (Wildman–Crippen MR) is 78.2 cm³/mol. The molecule has 1 saturated heterocycles. The number of hydrogen-bond donors (Lipinski definition) is 0. The number of nitrogens with zero attached hydrogens (tertiary/aromatic N) is 1. The van der Waals surface area contributed by atoms with Gasteiger partial charge in [-0.3, -0.25) is 0 Å². The van der Waals surface area contributed by atoms with Crippen molar-refractivity contribution in [2.75, 3.05) is 6.54 Å². The lowest BCUT2D eigenvalue weighted by molar-refractivity contribution is 0.268. The molecule has 1 aromatic carbocycles. The molecule has 0 amide bonds. The normalized spacial score (nSPS) is 21.1. The Kier molecular flexibility index (Phi) is 4.95. The Hall–Kier alpha value is -0.360. The van der Waals surface area contributed by atoms with Crippen LogP contribution in [0, 0.1) is 5.82 Å². The third-order valence-corrected chi connectivity index (χ3v) is 6.27. The van der Waals surface area contributed by atoms with E-state index in [9.17, 15) is 12.8 Å². The van der Waals surface area contributed by atoms with Crippen molar-refractivity contribution in [1.82, 2.24) is 4.31 Å². The van der Waals surface area contributed by atoms with Gasteiger partial charge in [0.15, 0.2) is 0 Å². The highest BCUT2D eigenvalue weighted by molar-refractivity contribution is 7.89. The Labute approximate surface area is 128 Å². The standard InChI is InChI=1S/C13H16Cl2FNO2S/c1-9-4-2-3-5-17(9)20(18,19)11-6-10(8-14)13(15)12(16)7-11/h6-7,9H,2-5,8H2,1H3. The Morgan fingerprint density at radius 1 is 1.40 bits per heavy atom. The minimum atomic E-state index is -3.71. The van der Waals surface area contributed by atoms with Crippen LogP contribution in [0.15, 0.2) is 17.0 Å². The number of sulfonamides is 1. The van der Waals surface area contributed by atoms with E-state index < -0.39 is 15.8 Å². The molecule has 20 heavy (non-hydrogen) atoms. The average Bonchev–Trinajstić information content (AvgIpc) is 2.41. The monoisotopic (exact) mass is 339 g/mol. The molecule has 2 rings (SSSR count). The first-order valence-corrected chi connectivity index (χ1v) is 8.79. The van der Waals surface area contributed by atoms with E-state index in [1.54, 1.807) is 0 Å². The van der Waals surface area contributed by atoms with Crippen LogP contribution in [0.5, 0.6) is 0 Å². The summed E-state index contributed by atoms with van der Waals surface area (Å²) in [5.74, 6) is -0.789. The molecule has 1 aliphatic heterocycles. The summed E-state index contributed by atoms with van der Waals surface area (Å²) in [4.78, 5) is -0.0798. The molecule has 1 aliphatic rings. The molecule has 0 saturated carbocycles. The third-order valence-electron chi connectivity index (χ3n) is 3.57. The fourth-order valence-electron chi connectivity index (χ4n) is 2.43. The molecule has 7 heteroatoms. The molecule has 3 nitrogen and oxygen atoms in total. The van der Waals surface area contributed by atoms with Crippen LogP contribution in [0.25, 0.3) is 0 Å². The molecule has 0 radical (unpaired) electrons. The Balaban J connectivity index is 2.46. The van der Waals surface area contributed by atoms with E-state index in [1.165, 1.54) is 10.4 Å². The fraction of sp³-hybridized carbons (Fsp3) is 0.538. The third kappa shape index (κ3) is 2.96. The molecule has 0 bridgehead atoms. The van der Waals surface area contributed by atoms with Gasteiger partial charge in [0.25, 0.3) is 0 Å². The molecule has 0 aliphatic carbocycles. The number of halogens is 3. The maximum Gasteiger partial charge on any atom is 0.243 e. The van der Waals surface area contributed by atoms with Gasteiger partial charge in [0.2, 0.25) is 10.0 Å². The first kappa shape index (κ1) is 16.0. The van der Waals surface area contributed by atoms with E-state index in [0.717, 1.165) is 25.3 Å². The molecular formula is C13H16Cl2FNO2S. The van der Waals surface area contributed by atoms with Gasteiger partial charge in [-0.15, -0.1) is 11.6 Å². The molecule has 0 N–H and O–H groups in total. The summed E-state index contributed by atoms with van der Waals surface area (Å²) < 4.78 is 40.4. The zero-order valence-corrected chi connectivity index (χ0v) is 13.4. The van der Waals surface area contributed by atoms with Gasteiger partial charge >= 0.3 is 0 Å². The van der Waals surface area contributed by atoms with Crippen LogP contribution in [-0.4, -0.2) is 25.3 Å². The summed E-state index contributed by atoms with van der Waals surface area (Å²) in [6, 6.07) is 2.25. The maximum atomic E-state index is 13.7. The van der Waals surface area contributed by atoms with Crippen molar-refractivity contribution in [2.24, 2.45) is 0 Å². The van der Waals surface area contributed by atoms with Crippen LogP contribution in [-0.2, 0) is 15.9 Å². The predicted octanol–water partition coefficient (Wildman–Crippen LogP) is 3.78. The van der Waals surface area contributed by atoms with Gasteiger partial charge in [0.1, 0.15) is 5.82 Å². The van der Waals surface area contributed by atoms with E-state index >= 15 is 0 Å². The first-order valence-electron chi connectivity index (χ1n) is 6.43. The van der Waals surface area contributed by atoms with Crippen LogP contribution in [0.1, 0.15) is 31.7 Å². The summed E-state index contributed by atoms with van der Waals surface area (Å²) in [5, 5.41) is -0.120. The van der Waals surface area contributed by atoms with Crippen molar-refractivity contribution in [2.45, 2.75) is 43.0 Å². The van der Waals surface area contributed by atoms with Crippen molar-refractivity contribution in [1.29, 1.82) is 0 Å². The van der Waals surface area contributed by atoms with E-state index in [2.05, 4.69) is 0 Å². The van der Waals surface area contributed by atoms with Crippen LogP contribution < -0.4 is 0 Å². The highest BCUT2D eigenvalue weighted by Gasteiger charge is 2.31. The van der Waals surface area contributed by atoms with Gasteiger partial charge in [-0.25, -0.2) is 12.8 Å². The van der Waals surface area contributed by atoms with Gasteiger partial charge in [-0.05, 0) is 37.5 Å². The number of piperidine rings is 1. The van der Waals surface area contributed by atoms with Crippen LogP contribution in [0.4, 0.5) is 4.39 Å². The van der Waals surface area contributed by atoms with Crippen LogP contribution in [0.3, 0.4) is 0 Å². The highest BCUT2D eigenvalue weighted by Crippen LogP contribution is 2.30. The van der Waals surface area contributed by atoms with Crippen molar-refractivity contribution in [3.63, 3.8) is 0 Å². The second-order valence-corrected chi connectivity index (χ2v) is 7.51. The molecule has 0 aromatic heterocycles. The lowest BCUT2D eigenvalue weighted by atomic mass is 10.1. The topological polar surface area (TPSA) is 37.4 Å². The lowest BCUT2D eigenvalue weighted by Gasteiger charge is -2.32. The second kappa shape index (κ2) is 6.18. The highest BCUT2D eigenvalue weighted by atomic mass is 35.5. The van der Waals surface area contributed by atoms with Gasteiger partial charge in [0.05, 0.1) is 9.92 Å². The minimum absolute atomic E-state index is 0.0331. The zero-order valence-electron chi connectivity index (χ0n) is 11.1. The molecule has 1 aromatic rings. The number of benzene rings is 1. The van der Waals surface area contributed by atoms with Gasteiger partial charge in [-0.2, -0.15) is 4.31 Å². The van der Waals surface area contributed by atoms with Gasteiger partial charge in [0, 0.05) is 18.5 Å². The van der Waals surface area contributed by atoms with Crippen LogP contribution in [0.2, 0.25) is 5.02 Å². The number of alkyl halides is 1. The van der Waals surface area contributed by atoms with Crippen molar-refractivity contribution in [3.05, 3.63) is 28.5 Å². The summed E-state index contributed by atoms with van der Waals surface area (Å²) >= 11 is 11.4. The summed E-state index contributed by atoms with van der Waals surface area (Å²) in [6.45, 7) is 2.33. The van der Waals surface area contributed by atoms with Gasteiger partial charge in [-0.1, -0.05) is 18.0 Å². The lowest BCUT2D eigenvalue weighted by Crippen LogP contribution is -2.41. The molecule has 1 heterocycles. The largest absolute Gasteiger partial charge is 0.243 e. The number of rotatable bonds is 3. The smallest absolute Gasteiger partial charge is 0.207 e. The minimum Gasteiger partial charge on any atom is -0.207 e. The zero-order chi connectivity index (χ0) is 14.9. The SMILES string of the molecule is CC1CCCCN1S(=O)(=O)c1cc(F)c(Cl)c(CCl)c1. The van der Waals surface area contributed by atoms with Crippen molar-refractivity contribution >= 4 is 33.2 Å².